The highest BCUT2D eigenvalue weighted by atomic mass is 16.5. The van der Waals surface area contributed by atoms with Crippen molar-refractivity contribution >= 4 is 5.91 Å². The van der Waals surface area contributed by atoms with Crippen molar-refractivity contribution in [1.29, 1.82) is 0 Å². The van der Waals surface area contributed by atoms with Crippen molar-refractivity contribution in [2.45, 2.75) is 25.8 Å². The normalized spacial score (nSPS) is 18.7. The summed E-state index contributed by atoms with van der Waals surface area (Å²) in [6, 6.07) is 1.69. The summed E-state index contributed by atoms with van der Waals surface area (Å²) >= 11 is 0. The van der Waals surface area contributed by atoms with Crippen molar-refractivity contribution in [3.8, 4) is 11.3 Å². The molecular weight excluding hydrogens is 272 g/mol. The average Bonchev–Trinajstić information content (AvgIpc) is 3.06. The van der Waals surface area contributed by atoms with E-state index in [1.807, 2.05) is 20.2 Å². The van der Waals surface area contributed by atoms with E-state index < -0.39 is 0 Å². The lowest BCUT2D eigenvalue weighted by atomic mass is 10.1. The van der Waals surface area contributed by atoms with Crippen molar-refractivity contribution in [3.63, 3.8) is 0 Å². The number of hydrogen-bond donors (Lipinski definition) is 1. The van der Waals surface area contributed by atoms with Crippen molar-refractivity contribution in [1.82, 2.24) is 20.3 Å². The minimum absolute atomic E-state index is 0.0477. The largest absolute Gasteiger partial charge is 0.379 e. The van der Waals surface area contributed by atoms with Gasteiger partial charge in [0.05, 0.1) is 23.9 Å². The highest BCUT2D eigenvalue weighted by molar-refractivity contribution is 5.93. The van der Waals surface area contributed by atoms with E-state index in [2.05, 4.69) is 15.6 Å². The van der Waals surface area contributed by atoms with Crippen LogP contribution in [-0.2, 0) is 11.8 Å². The van der Waals surface area contributed by atoms with Crippen LogP contribution >= 0.6 is 0 Å². The van der Waals surface area contributed by atoms with E-state index in [9.17, 15) is 4.79 Å². The van der Waals surface area contributed by atoms with Gasteiger partial charge in [-0.05, 0) is 19.8 Å². The quantitative estimate of drug-likeness (QED) is 0.921. The van der Waals surface area contributed by atoms with Crippen LogP contribution in [0.4, 0.5) is 0 Å². The van der Waals surface area contributed by atoms with Crippen LogP contribution < -0.4 is 5.32 Å². The standard InChI is InChI=1S/C14H18N4O3/c1-9-11(7-18(2)16-9)13-6-12(17-21-13)14(19)15-10-4-3-5-20-8-10/h6-7,10H,3-5,8H2,1-2H3,(H,15,19)/t10-/m1/s1. The molecule has 0 radical (unpaired) electrons. The van der Waals surface area contributed by atoms with Crippen LogP contribution in [0.2, 0.25) is 0 Å². The maximum atomic E-state index is 12.1. The summed E-state index contributed by atoms with van der Waals surface area (Å²) in [5.74, 6) is 0.313. The molecule has 1 aliphatic heterocycles. The topological polar surface area (TPSA) is 82.2 Å². The van der Waals surface area contributed by atoms with Gasteiger partial charge in [0.15, 0.2) is 11.5 Å². The predicted molar refractivity (Wildman–Crippen MR) is 74.7 cm³/mol. The number of nitrogens with one attached hydrogen (secondary N) is 1. The van der Waals surface area contributed by atoms with Crippen LogP contribution in [-0.4, -0.2) is 40.1 Å². The van der Waals surface area contributed by atoms with Crippen molar-refractivity contribution in [2.24, 2.45) is 7.05 Å². The Morgan fingerprint density at radius 2 is 2.38 bits per heavy atom. The van der Waals surface area contributed by atoms with Crippen LogP contribution in [0.5, 0.6) is 0 Å². The molecule has 1 N–H and O–H groups in total. The third kappa shape index (κ3) is 2.97. The summed E-state index contributed by atoms with van der Waals surface area (Å²) in [7, 11) is 1.84. The van der Waals surface area contributed by atoms with Gasteiger partial charge in [-0.1, -0.05) is 5.16 Å². The monoisotopic (exact) mass is 290 g/mol. The summed E-state index contributed by atoms with van der Waals surface area (Å²) in [5, 5.41) is 11.0. The number of aryl methyl sites for hydroxylation is 2. The fourth-order valence-corrected chi connectivity index (χ4v) is 2.46. The first kappa shape index (κ1) is 13.8. The van der Waals surface area contributed by atoms with E-state index >= 15 is 0 Å². The van der Waals surface area contributed by atoms with Crippen LogP contribution in [0.3, 0.4) is 0 Å². The lowest BCUT2D eigenvalue weighted by Crippen LogP contribution is -2.40. The minimum Gasteiger partial charge on any atom is -0.379 e. The highest BCUT2D eigenvalue weighted by Crippen LogP contribution is 2.23. The van der Waals surface area contributed by atoms with Crippen molar-refractivity contribution in [3.05, 3.63) is 23.7 Å². The second-order valence-corrected chi connectivity index (χ2v) is 5.27. The smallest absolute Gasteiger partial charge is 0.273 e. The molecule has 3 heterocycles. The Morgan fingerprint density at radius 1 is 1.52 bits per heavy atom. The van der Waals surface area contributed by atoms with Gasteiger partial charge in [-0.25, -0.2) is 0 Å². The number of rotatable bonds is 3. The Labute approximate surface area is 122 Å². The second-order valence-electron chi connectivity index (χ2n) is 5.27. The zero-order valence-electron chi connectivity index (χ0n) is 12.1. The van der Waals surface area contributed by atoms with Gasteiger partial charge in [0.25, 0.3) is 5.91 Å². The van der Waals surface area contributed by atoms with Crippen LogP contribution in [0.25, 0.3) is 11.3 Å². The first-order chi connectivity index (χ1) is 10.1. The molecule has 1 amide bonds. The van der Waals surface area contributed by atoms with Gasteiger partial charge in [-0.3, -0.25) is 9.48 Å². The van der Waals surface area contributed by atoms with Crippen molar-refractivity contribution in [2.75, 3.05) is 13.2 Å². The number of carbonyl (C=O) groups excluding carboxylic acids is 1. The van der Waals surface area contributed by atoms with E-state index in [0.717, 1.165) is 30.7 Å². The molecule has 0 bridgehead atoms. The summed E-state index contributed by atoms with van der Waals surface area (Å²) in [6.07, 6.45) is 3.73. The lowest BCUT2D eigenvalue weighted by molar-refractivity contribution is 0.0620. The molecule has 0 saturated carbocycles. The molecule has 112 valence electrons. The van der Waals surface area contributed by atoms with E-state index in [-0.39, 0.29) is 17.6 Å². The first-order valence-corrected chi connectivity index (χ1v) is 6.99. The predicted octanol–water partition coefficient (Wildman–Crippen LogP) is 1.29. The summed E-state index contributed by atoms with van der Waals surface area (Å²) in [5.41, 5.74) is 1.95. The van der Waals surface area contributed by atoms with Crippen LogP contribution in [0, 0.1) is 6.92 Å². The van der Waals surface area contributed by atoms with Gasteiger partial charge in [0, 0.05) is 25.9 Å². The molecule has 0 aromatic carbocycles. The fourth-order valence-electron chi connectivity index (χ4n) is 2.46. The molecule has 3 rings (SSSR count). The maximum Gasteiger partial charge on any atom is 0.273 e. The Bertz CT molecular complexity index is 640. The van der Waals surface area contributed by atoms with Gasteiger partial charge in [-0.15, -0.1) is 0 Å². The summed E-state index contributed by atoms with van der Waals surface area (Å²) in [6.45, 7) is 3.20. The maximum absolute atomic E-state index is 12.1. The summed E-state index contributed by atoms with van der Waals surface area (Å²) < 4.78 is 12.3. The Kier molecular flexibility index (Phi) is 3.74. The number of aromatic nitrogens is 3. The SMILES string of the molecule is Cc1nn(C)cc1-c1cc(C(=O)N[C@@H]2CCCOC2)no1. The molecule has 1 saturated heterocycles. The summed E-state index contributed by atoms with van der Waals surface area (Å²) in [4.78, 5) is 12.1. The number of ether oxygens (including phenoxy) is 1. The molecule has 21 heavy (non-hydrogen) atoms. The molecule has 7 nitrogen and oxygen atoms in total. The Balaban J connectivity index is 1.72. The number of hydrogen-bond acceptors (Lipinski definition) is 5. The zero-order valence-corrected chi connectivity index (χ0v) is 12.1. The molecule has 0 unspecified atom stereocenters. The molecule has 1 fully saturated rings. The molecule has 1 atom stereocenters. The third-order valence-electron chi connectivity index (χ3n) is 3.52. The third-order valence-corrected chi connectivity index (χ3v) is 3.52. The Hall–Kier alpha value is -2.15. The van der Waals surface area contributed by atoms with Gasteiger partial charge in [0.2, 0.25) is 0 Å². The number of carbonyl (C=O) groups is 1. The average molecular weight is 290 g/mol. The van der Waals surface area contributed by atoms with E-state index in [0.29, 0.717) is 12.4 Å². The minimum atomic E-state index is -0.234. The zero-order chi connectivity index (χ0) is 14.8. The molecule has 7 heteroatoms. The fraction of sp³-hybridized carbons (Fsp3) is 0.500. The first-order valence-electron chi connectivity index (χ1n) is 6.99. The van der Waals surface area contributed by atoms with Gasteiger partial charge < -0.3 is 14.6 Å². The van der Waals surface area contributed by atoms with Gasteiger partial charge in [-0.2, -0.15) is 5.10 Å². The molecule has 1 aliphatic rings. The Morgan fingerprint density at radius 3 is 3.05 bits per heavy atom. The molecule has 0 aliphatic carbocycles. The van der Waals surface area contributed by atoms with E-state index in [1.54, 1.807) is 10.7 Å². The van der Waals surface area contributed by atoms with Crippen LogP contribution in [0.15, 0.2) is 16.8 Å². The molecule has 2 aromatic heterocycles. The lowest BCUT2D eigenvalue weighted by Gasteiger charge is -2.22. The molecular formula is C14H18N4O3. The van der Waals surface area contributed by atoms with Gasteiger partial charge in [0.1, 0.15) is 0 Å². The van der Waals surface area contributed by atoms with E-state index in [1.165, 1.54) is 0 Å². The highest BCUT2D eigenvalue weighted by Gasteiger charge is 2.20. The van der Waals surface area contributed by atoms with E-state index in [4.69, 9.17) is 9.26 Å². The number of amides is 1. The number of nitrogens with zero attached hydrogens (tertiary/aromatic N) is 3. The van der Waals surface area contributed by atoms with Gasteiger partial charge >= 0.3 is 0 Å². The van der Waals surface area contributed by atoms with Crippen LogP contribution in [0.1, 0.15) is 29.0 Å². The molecule has 0 spiro atoms. The molecule has 2 aromatic rings. The second kappa shape index (κ2) is 5.69. The van der Waals surface area contributed by atoms with Crippen molar-refractivity contribution < 1.29 is 14.1 Å².